The molecule has 0 amide bonds. The van der Waals surface area contributed by atoms with Crippen LogP contribution in [-0.2, 0) is 6.54 Å². The highest BCUT2D eigenvalue weighted by atomic mass is 15.2. The molecule has 2 rings (SSSR count). The summed E-state index contributed by atoms with van der Waals surface area (Å²) < 4.78 is 0. The third kappa shape index (κ3) is 2.98. The molecule has 1 aliphatic carbocycles. The van der Waals surface area contributed by atoms with Crippen LogP contribution in [0.5, 0.6) is 0 Å². The van der Waals surface area contributed by atoms with Crippen molar-refractivity contribution in [2.24, 2.45) is 17.6 Å². The summed E-state index contributed by atoms with van der Waals surface area (Å²) in [4.78, 5) is 6.64. The number of aromatic nitrogens is 1. The Labute approximate surface area is 117 Å². The van der Waals surface area contributed by atoms with Crippen molar-refractivity contribution < 1.29 is 0 Å². The lowest BCUT2D eigenvalue weighted by Gasteiger charge is -2.55. The van der Waals surface area contributed by atoms with E-state index >= 15 is 0 Å². The Bertz CT molecular complexity index is 382. The molecular formula is C16H27N3. The Morgan fingerprint density at radius 3 is 2.47 bits per heavy atom. The van der Waals surface area contributed by atoms with E-state index in [1.54, 1.807) is 0 Å². The largest absolute Gasteiger partial charge is 0.329 e. The molecule has 19 heavy (non-hydrogen) atoms. The van der Waals surface area contributed by atoms with E-state index in [2.05, 4.69) is 42.8 Å². The standard InChI is InChI=1S/C16H27N3/c1-4-19(11-14-5-7-18-8-6-14)16(12-17)9-15(10-16)13(2)3/h5-8,13,15H,4,9-12,17H2,1-3H3. The van der Waals surface area contributed by atoms with Crippen LogP contribution in [-0.4, -0.2) is 28.5 Å². The maximum absolute atomic E-state index is 6.11. The molecule has 1 saturated carbocycles. The monoisotopic (exact) mass is 261 g/mol. The van der Waals surface area contributed by atoms with E-state index in [1.165, 1.54) is 18.4 Å². The van der Waals surface area contributed by atoms with Gasteiger partial charge in [0.25, 0.3) is 0 Å². The lowest BCUT2D eigenvalue weighted by molar-refractivity contribution is -0.0375. The third-order valence-corrected chi connectivity index (χ3v) is 4.78. The van der Waals surface area contributed by atoms with Gasteiger partial charge in [-0.3, -0.25) is 9.88 Å². The van der Waals surface area contributed by atoms with Crippen LogP contribution in [0.1, 0.15) is 39.2 Å². The predicted molar refractivity (Wildman–Crippen MR) is 79.7 cm³/mol. The van der Waals surface area contributed by atoms with E-state index in [1.807, 2.05) is 12.4 Å². The zero-order valence-electron chi connectivity index (χ0n) is 12.5. The molecule has 1 fully saturated rings. The van der Waals surface area contributed by atoms with Crippen LogP contribution >= 0.6 is 0 Å². The van der Waals surface area contributed by atoms with Crippen LogP contribution in [0.3, 0.4) is 0 Å². The average molecular weight is 261 g/mol. The maximum atomic E-state index is 6.11. The topological polar surface area (TPSA) is 42.2 Å². The molecule has 1 aromatic rings. The number of nitrogens with two attached hydrogens (primary N) is 1. The van der Waals surface area contributed by atoms with E-state index in [0.717, 1.165) is 31.5 Å². The molecular weight excluding hydrogens is 234 g/mol. The Kier molecular flexibility index (Phi) is 4.58. The molecule has 0 aromatic carbocycles. The highest BCUT2D eigenvalue weighted by Gasteiger charge is 2.47. The van der Waals surface area contributed by atoms with Crippen LogP contribution in [0.15, 0.2) is 24.5 Å². The minimum absolute atomic E-state index is 0.229. The fraction of sp³-hybridized carbons (Fsp3) is 0.688. The van der Waals surface area contributed by atoms with Crippen LogP contribution in [0.4, 0.5) is 0 Å². The molecule has 0 aliphatic heterocycles. The summed E-state index contributed by atoms with van der Waals surface area (Å²) in [5.74, 6) is 1.62. The molecule has 0 radical (unpaired) electrons. The fourth-order valence-corrected chi connectivity index (χ4v) is 3.27. The van der Waals surface area contributed by atoms with Crippen molar-refractivity contribution in [3.63, 3.8) is 0 Å². The van der Waals surface area contributed by atoms with Crippen molar-refractivity contribution in [2.45, 2.75) is 45.7 Å². The molecule has 1 heterocycles. The first kappa shape index (κ1) is 14.5. The van der Waals surface area contributed by atoms with Gasteiger partial charge < -0.3 is 5.73 Å². The number of nitrogens with zero attached hydrogens (tertiary/aromatic N) is 2. The van der Waals surface area contributed by atoms with Crippen molar-refractivity contribution in [2.75, 3.05) is 13.1 Å². The van der Waals surface area contributed by atoms with Crippen LogP contribution in [0.2, 0.25) is 0 Å². The van der Waals surface area contributed by atoms with Gasteiger partial charge >= 0.3 is 0 Å². The number of hydrogen-bond donors (Lipinski definition) is 1. The normalized spacial score (nSPS) is 26.7. The molecule has 0 atom stereocenters. The summed E-state index contributed by atoms with van der Waals surface area (Å²) in [6.07, 6.45) is 6.24. The molecule has 0 spiro atoms. The number of pyridine rings is 1. The second kappa shape index (κ2) is 6.02. The quantitative estimate of drug-likeness (QED) is 0.856. The first-order valence-electron chi connectivity index (χ1n) is 7.45. The highest BCUT2D eigenvalue weighted by molar-refractivity contribution is 5.12. The van der Waals surface area contributed by atoms with Gasteiger partial charge in [-0.15, -0.1) is 0 Å². The van der Waals surface area contributed by atoms with Crippen molar-refractivity contribution in [1.29, 1.82) is 0 Å². The number of likely N-dealkylation sites (N-methyl/N-ethyl adjacent to an activating group) is 1. The first-order valence-corrected chi connectivity index (χ1v) is 7.45. The van der Waals surface area contributed by atoms with Crippen LogP contribution in [0.25, 0.3) is 0 Å². The molecule has 0 bridgehead atoms. The zero-order valence-corrected chi connectivity index (χ0v) is 12.5. The summed E-state index contributed by atoms with van der Waals surface area (Å²) in [6, 6.07) is 4.21. The second-order valence-corrected chi connectivity index (χ2v) is 6.21. The molecule has 3 nitrogen and oxygen atoms in total. The minimum atomic E-state index is 0.229. The molecule has 0 unspecified atom stereocenters. The molecule has 1 aromatic heterocycles. The van der Waals surface area contributed by atoms with E-state index in [4.69, 9.17) is 5.73 Å². The Morgan fingerprint density at radius 1 is 1.37 bits per heavy atom. The van der Waals surface area contributed by atoms with Gasteiger partial charge in [0.2, 0.25) is 0 Å². The second-order valence-electron chi connectivity index (χ2n) is 6.21. The smallest absolute Gasteiger partial charge is 0.0340 e. The molecule has 106 valence electrons. The van der Waals surface area contributed by atoms with Gasteiger partial charge in [-0.1, -0.05) is 20.8 Å². The first-order chi connectivity index (χ1) is 9.11. The van der Waals surface area contributed by atoms with Crippen molar-refractivity contribution >= 4 is 0 Å². The van der Waals surface area contributed by atoms with Crippen molar-refractivity contribution in [3.8, 4) is 0 Å². The van der Waals surface area contributed by atoms with Crippen molar-refractivity contribution in [3.05, 3.63) is 30.1 Å². The lowest BCUT2D eigenvalue weighted by Crippen LogP contribution is -2.62. The van der Waals surface area contributed by atoms with Gasteiger partial charge in [0, 0.05) is 31.0 Å². The Balaban J connectivity index is 2.04. The fourth-order valence-electron chi connectivity index (χ4n) is 3.27. The summed E-state index contributed by atoms with van der Waals surface area (Å²) in [6.45, 7) is 9.70. The van der Waals surface area contributed by atoms with E-state index in [0.29, 0.717) is 0 Å². The number of hydrogen-bond acceptors (Lipinski definition) is 3. The number of rotatable bonds is 6. The molecule has 2 N–H and O–H groups in total. The minimum Gasteiger partial charge on any atom is -0.329 e. The molecule has 1 aliphatic rings. The van der Waals surface area contributed by atoms with E-state index < -0.39 is 0 Å². The third-order valence-electron chi connectivity index (χ3n) is 4.78. The van der Waals surface area contributed by atoms with Gasteiger partial charge in [-0.25, -0.2) is 0 Å². The Hall–Kier alpha value is -0.930. The van der Waals surface area contributed by atoms with E-state index in [-0.39, 0.29) is 5.54 Å². The van der Waals surface area contributed by atoms with Gasteiger partial charge in [-0.05, 0) is 48.9 Å². The van der Waals surface area contributed by atoms with Gasteiger partial charge in [-0.2, -0.15) is 0 Å². The average Bonchev–Trinajstić information content (AvgIpc) is 2.37. The van der Waals surface area contributed by atoms with Gasteiger partial charge in [0.1, 0.15) is 0 Å². The van der Waals surface area contributed by atoms with Crippen LogP contribution in [0, 0.1) is 11.8 Å². The lowest BCUT2D eigenvalue weighted by atomic mass is 9.63. The van der Waals surface area contributed by atoms with Crippen LogP contribution < -0.4 is 5.73 Å². The van der Waals surface area contributed by atoms with Gasteiger partial charge in [0.15, 0.2) is 0 Å². The van der Waals surface area contributed by atoms with Gasteiger partial charge in [0.05, 0.1) is 0 Å². The maximum Gasteiger partial charge on any atom is 0.0340 e. The van der Waals surface area contributed by atoms with Crippen molar-refractivity contribution in [1.82, 2.24) is 9.88 Å². The molecule has 3 heteroatoms. The summed E-state index contributed by atoms with van der Waals surface area (Å²) >= 11 is 0. The Morgan fingerprint density at radius 2 is 2.00 bits per heavy atom. The van der Waals surface area contributed by atoms with E-state index in [9.17, 15) is 0 Å². The highest BCUT2D eigenvalue weighted by Crippen LogP contribution is 2.45. The zero-order chi connectivity index (χ0) is 13.9. The summed E-state index contributed by atoms with van der Waals surface area (Å²) in [7, 11) is 0. The molecule has 0 saturated heterocycles. The summed E-state index contributed by atoms with van der Waals surface area (Å²) in [5, 5.41) is 0. The SMILES string of the molecule is CCN(Cc1ccncc1)C1(CN)CC(C(C)C)C1. The predicted octanol–water partition coefficient (Wildman–Crippen LogP) is 2.67. The summed E-state index contributed by atoms with van der Waals surface area (Å²) in [5.41, 5.74) is 7.67.